The van der Waals surface area contributed by atoms with Crippen molar-refractivity contribution in [2.45, 2.75) is 12.4 Å². The van der Waals surface area contributed by atoms with Crippen LogP contribution in [0.25, 0.3) is 0 Å². The van der Waals surface area contributed by atoms with Crippen molar-refractivity contribution in [3.63, 3.8) is 0 Å². The fourth-order valence-corrected chi connectivity index (χ4v) is 2.44. The summed E-state index contributed by atoms with van der Waals surface area (Å²) in [6, 6.07) is 0. The monoisotopic (exact) mass is 256 g/mol. The normalized spacial score (nSPS) is 20.6. The lowest BCUT2D eigenvalue weighted by Gasteiger charge is -2.26. The van der Waals surface area contributed by atoms with Gasteiger partial charge in [-0.3, -0.25) is 4.79 Å². The zero-order valence-corrected chi connectivity index (χ0v) is 10.7. The van der Waals surface area contributed by atoms with E-state index < -0.39 is 0 Å². The zero-order valence-electron chi connectivity index (χ0n) is 8.36. The lowest BCUT2D eigenvalue weighted by atomic mass is 10.5. The molecule has 0 aromatic carbocycles. The maximum absolute atomic E-state index is 10.8. The molecule has 0 aromatic heterocycles. The second-order valence-corrected chi connectivity index (χ2v) is 4.50. The Balaban J connectivity index is 0.00000169. The molecule has 1 heterocycles. The van der Waals surface area contributed by atoms with E-state index in [-0.39, 0.29) is 23.7 Å². The van der Waals surface area contributed by atoms with Crippen molar-refractivity contribution in [3.05, 3.63) is 11.4 Å². The van der Waals surface area contributed by atoms with Crippen molar-refractivity contribution >= 4 is 41.6 Å². The van der Waals surface area contributed by atoms with Crippen LogP contribution >= 0.6 is 35.8 Å². The second kappa shape index (κ2) is 5.73. The van der Waals surface area contributed by atoms with Crippen LogP contribution in [0, 0.1) is 0 Å². The van der Waals surface area contributed by atoms with Crippen LogP contribution in [0.4, 0.5) is 0 Å². The van der Waals surface area contributed by atoms with Crippen LogP contribution in [0.5, 0.6) is 0 Å². The fraction of sp³-hybridized carbons (Fsp3) is 0.625. The number of ketones is 1. The molecule has 0 saturated carbocycles. The summed E-state index contributed by atoms with van der Waals surface area (Å²) in [7, 11) is 3.86. The highest BCUT2D eigenvalue weighted by Gasteiger charge is 2.26. The van der Waals surface area contributed by atoms with Crippen LogP contribution in [0.1, 0.15) is 6.92 Å². The molecule has 14 heavy (non-hydrogen) atoms. The first-order valence-corrected chi connectivity index (χ1v) is 5.38. The highest BCUT2D eigenvalue weighted by molar-refractivity contribution is 8.00. The van der Waals surface area contributed by atoms with Crippen LogP contribution in [-0.4, -0.2) is 40.9 Å². The third-order valence-corrected chi connectivity index (χ3v) is 3.65. The average Bonchev–Trinajstić information content (AvgIpc) is 2.24. The van der Waals surface area contributed by atoms with Gasteiger partial charge in [0.2, 0.25) is 0 Å². The summed E-state index contributed by atoms with van der Waals surface area (Å²) in [5, 5.41) is 0.712. The number of rotatable bonds is 3. The second-order valence-electron chi connectivity index (χ2n) is 3.07. The number of nitrogens with zero attached hydrogens (tertiary/aromatic N) is 2. The molecular formula is C8H14Cl2N2OS. The first-order chi connectivity index (χ1) is 6.02. The van der Waals surface area contributed by atoms with E-state index in [0.717, 1.165) is 0 Å². The lowest BCUT2D eigenvalue weighted by molar-refractivity contribution is -0.114. The molecule has 6 heteroatoms. The third-order valence-electron chi connectivity index (χ3n) is 1.76. The molecule has 0 amide bonds. The summed E-state index contributed by atoms with van der Waals surface area (Å²) in [5.41, 5.74) is 0.149. The molecule has 82 valence electrons. The van der Waals surface area contributed by atoms with E-state index in [0.29, 0.717) is 10.9 Å². The minimum absolute atomic E-state index is 0. The van der Waals surface area contributed by atoms with Crippen molar-refractivity contribution < 1.29 is 4.79 Å². The average molecular weight is 257 g/mol. The Kier molecular flexibility index (Phi) is 5.71. The highest BCUT2D eigenvalue weighted by atomic mass is 35.5. The van der Waals surface area contributed by atoms with Crippen molar-refractivity contribution in [2.75, 3.05) is 19.8 Å². The van der Waals surface area contributed by atoms with Gasteiger partial charge in [-0.2, -0.15) is 0 Å². The molecule has 0 saturated heterocycles. The van der Waals surface area contributed by atoms with Crippen molar-refractivity contribution in [3.8, 4) is 0 Å². The van der Waals surface area contributed by atoms with Gasteiger partial charge in [0.25, 0.3) is 0 Å². The van der Waals surface area contributed by atoms with Crippen molar-refractivity contribution in [1.82, 2.24) is 9.80 Å². The maximum Gasteiger partial charge on any atom is 0.151 e. The van der Waals surface area contributed by atoms with E-state index in [1.165, 1.54) is 0 Å². The SMILES string of the molecule is CC(=O)CSC1N(C)C=C(Cl)N1C.Cl. The smallest absolute Gasteiger partial charge is 0.151 e. The van der Waals surface area contributed by atoms with E-state index in [1.54, 1.807) is 18.7 Å². The molecule has 1 unspecified atom stereocenters. The van der Waals surface area contributed by atoms with Crippen LogP contribution in [-0.2, 0) is 4.79 Å². The number of halogens is 2. The Bertz CT molecular complexity index is 247. The van der Waals surface area contributed by atoms with Crippen molar-refractivity contribution in [1.29, 1.82) is 0 Å². The highest BCUT2D eigenvalue weighted by Crippen LogP contribution is 2.29. The van der Waals surface area contributed by atoms with Gasteiger partial charge in [0.1, 0.15) is 10.9 Å². The van der Waals surface area contributed by atoms with E-state index in [1.807, 2.05) is 30.1 Å². The molecule has 3 nitrogen and oxygen atoms in total. The van der Waals surface area contributed by atoms with Crippen LogP contribution in [0.15, 0.2) is 11.4 Å². The lowest BCUT2D eigenvalue weighted by Crippen LogP contribution is -2.32. The Morgan fingerprint density at radius 2 is 2.21 bits per heavy atom. The van der Waals surface area contributed by atoms with Gasteiger partial charge in [-0.05, 0) is 6.92 Å². The number of hydrogen-bond acceptors (Lipinski definition) is 4. The molecule has 1 aliphatic heterocycles. The molecule has 0 aromatic rings. The van der Waals surface area contributed by atoms with Gasteiger partial charge in [-0.15, -0.1) is 24.2 Å². The topological polar surface area (TPSA) is 23.6 Å². The maximum atomic E-state index is 10.8. The number of thioether (sulfide) groups is 1. The van der Waals surface area contributed by atoms with E-state index >= 15 is 0 Å². The van der Waals surface area contributed by atoms with Gasteiger partial charge in [-0.25, -0.2) is 0 Å². The van der Waals surface area contributed by atoms with E-state index in [9.17, 15) is 4.79 Å². The summed E-state index contributed by atoms with van der Waals surface area (Å²) in [6.07, 6.45) is 1.86. The Morgan fingerprint density at radius 3 is 2.57 bits per heavy atom. The molecule has 0 spiro atoms. The molecular weight excluding hydrogens is 243 g/mol. The molecule has 0 aliphatic carbocycles. The molecule has 0 N–H and O–H groups in total. The minimum Gasteiger partial charge on any atom is -0.349 e. The molecule has 1 rings (SSSR count). The minimum atomic E-state index is 0. The molecule has 1 atom stereocenters. The third kappa shape index (κ3) is 3.26. The van der Waals surface area contributed by atoms with E-state index in [4.69, 9.17) is 11.6 Å². The Morgan fingerprint density at radius 1 is 1.64 bits per heavy atom. The number of Topliss-reactive ketones (excluding diaryl/α,β-unsaturated/α-hetero) is 1. The quantitative estimate of drug-likeness (QED) is 0.721. The predicted molar refractivity (Wildman–Crippen MR) is 63.6 cm³/mol. The van der Waals surface area contributed by atoms with Gasteiger partial charge in [0.15, 0.2) is 5.50 Å². The number of carbonyl (C=O) groups is 1. The standard InChI is InChI=1S/C8H13ClN2OS.ClH/c1-6(12)5-13-8-10(2)4-7(9)11(8)3;/h4,8H,5H2,1-3H3;1H. The van der Waals surface area contributed by atoms with Crippen LogP contribution in [0.3, 0.4) is 0 Å². The first kappa shape index (κ1) is 13.9. The van der Waals surface area contributed by atoms with Crippen LogP contribution < -0.4 is 0 Å². The summed E-state index contributed by atoms with van der Waals surface area (Å²) in [5.74, 6) is 0.715. The number of carbonyl (C=O) groups excluding carboxylic acids is 1. The Labute approximate surface area is 99.9 Å². The van der Waals surface area contributed by atoms with Gasteiger partial charge in [-0.1, -0.05) is 11.6 Å². The molecule has 0 radical (unpaired) electrons. The molecule has 0 bridgehead atoms. The van der Waals surface area contributed by atoms with Gasteiger partial charge >= 0.3 is 0 Å². The largest absolute Gasteiger partial charge is 0.349 e. The van der Waals surface area contributed by atoms with Gasteiger partial charge < -0.3 is 9.80 Å². The summed E-state index contributed by atoms with van der Waals surface area (Å²) in [4.78, 5) is 14.7. The molecule has 0 fully saturated rings. The fourth-order valence-electron chi connectivity index (χ4n) is 1.12. The van der Waals surface area contributed by atoms with Gasteiger partial charge in [0, 0.05) is 20.3 Å². The Hall–Kier alpha value is -0.0600. The zero-order chi connectivity index (χ0) is 10.0. The summed E-state index contributed by atoms with van der Waals surface area (Å²) < 4.78 is 0. The van der Waals surface area contributed by atoms with Crippen molar-refractivity contribution in [2.24, 2.45) is 0 Å². The van der Waals surface area contributed by atoms with E-state index in [2.05, 4.69) is 0 Å². The van der Waals surface area contributed by atoms with Gasteiger partial charge in [0.05, 0.1) is 5.75 Å². The van der Waals surface area contributed by atoms with Crippen LogP contribution in [0.2, 0.25) is 0 Å². The molecule has 1 aliphatic rings. The predicted octanol–water partition coefficient (Wildman–Crippen LogP) is 1.93. The first-order valence-electron chi connectivity index (χ1n) is 3.95. The number of hydrogen-bond donors (Lipinski definition) is 0. The summed E-state index contributed by atoms with van der Waals surface area (Å²) in [6.45, 7) is 1.59. The summed E-state index contributed by atoms with van der Waals surface area (Å²) >= 11 is 7.49.